The fraction of sp³-hybridized carbons (Fsp3) is 0.280. The molecule has 1 aromatic heterocycles. The second kappa shape index (κ2) is 10.5. The summed E-state index contributed by atoms with van der Waals surface area (Å²) in [7, 11) is 0. The van der Waals surface area contributed by atoms with Gasteiger partial charge in [0, 0.05) is 4.75 Å². The largest absolute Gasteiger partial charge is 0.480 e. The zero-order valence-corrected chi connectivity index (χ0v) is 22.9. The van der Waals surface area contributed by atoms with Crippen molar-refractivity contribution in [2.24, 2.45) is 0 Å². The number of fused-ring (bicyclic) bond motifs is 1. The molecule has 3 N–H and O–H groups in total. The number of β-lactam (4-membered cyclic amide) rings is 1. The summed E-state index contributed by atoms with van der Waals surface area (Å²) < 4.78 is 4.94. The summed E-state index contributed by atoms with van der Waals surface area (Å²) in [6.45, 7) is 3.53. The van der Waals surface area contributed by atoms with Crippen molar-refractivity contribution in [3.05, 3.63) is 70.5 Å². The van der Waals surface area contributed by atoms with Gasteiger partial charge in [-0.1, -0.05) is 54.1 Å². The van der Waals surface area contributed by atoms with Gasteiger partial charge in [0.05, 0.1) is 5.02 Å². The van der Waals surface area contributed by atoms with Gasteiger partial charge in [0.2, 0.25) is 23.0 Å². The van der Waals surface area contributed by atoms with Crippen LogP contribution in [0.2, 0.25) is 10.3 Å². The normalized spacial score (nSPS) is 21.9. The number of aliphatic carboxylic acids is 1. The molecule has 2 aromatic carbocycles. The summed E-state index contributed by atoms with van der Waals surface area (Å²) in [5.74, 6) is -1.83. The van der Waals surface area contributed by atoms with Crippen molar-refractivity contribution >= 4 is 58.7 Å². The number of nitrogens with zero attached hydrogens (tertiary/aromatic N) is 4. The monoisotopic (exact) mass is 588 g/mol. The number of para-hydroxylation sites is 1. The van der Waals surface area contributed by atoms with E-state index in [1.54, 1.807) is 68.4 Å². The van der Waals surface area contributed by atoms with Crippen LogP contribution >= 0.6 is 35.0 Å². The molecule has 202 valence electrons. The standard InChI is InChI=1S/C25H22Cl2N6O5S/c1-25(2)17(21(36)37)33-19(35)16(20(33)39-25)28-18(34)15(12-8-4-3-5-9-12)29-23-30-22(27)31-24(32-23)38-14-11-7-6-10-13(14)26/h3-11,15-17,20H,1-2H3,(H,28,34)(H,36,37)(H,29,30,31,32). The number of hydrogen-bond donors (Lipinski definition) is 3. The number of carboxylic acid groups (broad SMARTS) is 1. The molecular weight excluding hydrogens is 567 g/mol. The molecular formula is C25H22Cl2N6O5S. The van der Waals surface area contributed by atoms with Crippen LogP contribution in [-0.4, -0.2) is 64.9 Å². The SMILES string of the molecule is CC1(C)SC2C(NC(=O)C(Nc3nc(Cl)nc(Oc4ccccc4Cl)n3)c3ccccc3)C(=O)N2C1C(=O)O. The molecule has 3 heterocycles. The van der Waals surface area contributed by atoms with Crippen LogP contribution in [0.1, 0.15) is 25.5 Å². The van der Waals surface area contributed by atoms with Gasteiger partial charge in [-0.05, 0) is 43.1 Å². The van der Waals surface area contributed by atoms with Gasteiger partial charge in [-0.2, -0.15) is 15.0 Å². The summed E-state index contributed by atoms with van der Waals surface area (Å²) in [5.41, 5.74) is 0.562. The Kier molecular flexibility index (Phi) is 7.27. The number of hydrogen-bond acceptors (Lipinski definition) is 9. The molecule has 2 saturated heterocycles. The van der Waals surface area contributed by atoms with Crippen LogP contribution < -0.4 is 15.4 Å². The Morgan fingerprint density at radius 1 is 1.08 bits per heavy atom. The average Bonchev–Trinajstić information content (AvgIpc) is 3.15. The number of carbonyl (C=O) groups is 3. The van der Waals surface area contributed by atoms with Crippen molar-refractivity contribution in [3.8, 4) is 11.8 Å². The van der Waals surface area contributed by atoms with Crippen LogP contribution in [0.25, 0.3) is 0 Å². The van der Waals surface area contributed by atoms with Gasteiger partial charge in [0.15, 0.2) is 0 Å². The van der Waals surface area contributed by atoms with Crippen molar-refractivity contribution < 1.29 is 24.2 Å². The predicted octanol–water partition coefficient (Wildman–Crippen LogP) is 3.76. The Labute approximate surface area is 237 Å². The zero-order valence-electron chi connectivity index (χ0n) is 20.5. The number of anilines is 1. The summed E-state index contributed by atoms with van der Waals surface area (Å²) in [6, 6.07) is 12.4. The fourth-order valence-electron chi connectivity index (χ4n) is 4.52. The molecule has 5 rings (SSSR count). The molecule has 14 heteroatoms. The van der Waals surface area contributed by atoms with Crippen molar-refractivity contribution in [3.63, 3.8) is 0 Å². The maximum Gasteiger partial charge on any atom is 0.328 e. The first-order chi connectivity index (χ1) is 18.5. The number of nitrogens with one attached hydrogen (secondary N) is 2. The summed E-state index contributed by atoms with van der Waals surface area (Å²) >= 11 is 13.6. The molecule has 0 bridgehead atoms. The molecule has 39 heavy (non-hydrogen) atoms. The number of benzene rings is 2. The highest BCUT2D eigenvalue weighted by Crippen LogP contribution is 2.50. The van der Waals surface area contributed by atoms with Gasteiger partial charge < -0.3 is 25.4 Å². The van der Waals surface area contributed by atoms with Crippen LogP contribution in [-0.2, 0) is 14.4 Å². The fourth-order valence-corrected chi connectivity index (χ4v) is 6.48. The van der Waals surface area contributed by atoms with E-state index in [-0.39, 0.29) is 17.2 Å². The van der Waals surface area contributed by atoms with Gasteiger partial charge in [0.1, 0.15) is 29.2 Å². The molecule has 0 radical (unpaired) electrons. The highest BCUT2D eigenvalue weighted by Gasteiger charge is 2.64. The second-order valence-electron chi connectivity index (χ2n) is 9.32. The van der Waals surface area contributed by atoms with Crippen LogP contribution in [0.5, 0.6) is 11.8 Å². The molecule has 2 fully saturated rings. The van der Waals surface area contributed by atoms with Crippen molar-refractivity contribution in [2.45, 2.75) is 42.1 Å². The van der Waals surface area contributed by atoms with Gasteiger partial charge in [-0.3, -0.25) is 9.59 Å². The van der Waals surface area contributed by atoms with Crippen molar-refractivity contribution in [2.75, 3.05) is 5.32 Å². The first-order valence-corrected chi connectivity index (χ1v) is 13.4. The quantitative estimate of drug-likeness (QED) is 0.332. The van der Waals surface area contributed by atoms with Crippen molar-refractivity contribution in [1.82, 2.24) is 25.2 Å². The number of carboxylic acids is 1. The minimum atomic E-state index is -1.08. The lowest BCUT2D eigenvalue weighted by atomic mass is 9.95. The molecule has 3 aromatic rings. The highest BCUT2D eigenvalue weighted by molar-refractivity contribution is 8.01. The third kappa shape index (κ3) is 5.32. The van der Waals surface area contributed by atoms with Crippen molar-refractivity contribution in [1.29, 1.82) is 0 Å². The van der Waals surface area contributed by atoms with E-state index in [1.165, 1.54) is 16.7 Å². The predicted molar refractivity (Wildman–Crippen MR) is 145 cm³/mol. The van der Waals surface area contributed by atoms with E-state index in [9.17, 15) is 19.5 Å². The minimum Gasteiger partial charge on any atom is -0.480 e. The molecule has 2 aliphatic heterocycles. The molecule has 4 unspecified atom stereocenters. The molecule has 2 amide bonds. The third-order valence-electron chi connectivity index (χ3n) is 6.27. The van der Waals surface area contributed by atoms with E-state index in [0.29, 0.717) is 16.3 Å². The number of ether oxygens (including phenoxy) is 1. The lowest BCUT2D eigenvalue weighted by Gasteiger charge is -2.44. The number of amides is 2. The number of rotatable bonds is 8. The van der Waals surface area contributed by atoms with Crippen LogP contribution in [0, 0.1) is 0 Å². The molecule has 4 atom stereocenters. The lowest BCUT2D eigenvalue weighted by molar-refractivity contribution is -0.161. The number of aromatic nitrogens is 3. The molecule has 11 nitrogen and oxygen atoms in total. The molecule has 0 spiro atoms. The van der Waals surface area contributed by atoms with E-state index in [4.69, 9.17) is 27.9 Å². The summed E-state index contributed by atoms with van der Waals surface area (Å²) in [4.78, 5) is 51.9. The Bertz CT molecular complexity index is 1450. The topological polar surface area (TPSA) is 147 Å². The van der Waals surface area contributed by atoms with Gasteiger partial charge in [-0.25, -0.2) is 4.79 Å². The molecule has 2 aliphatic rings. The maximum atomic E-state index is 13.5. The Morgan fingerprint density at radius 2 is 1.77 bits per heavy atom. The molecule has 0 aliphatic carbocycles. The van der Waals surface area contributed by atoms with E-state index in [0.717, 1.165) is 0 Å². The first kappa shape index (κ1) is 27.0. The van der Waals surface area contributed by atoms with E-state index < -0.39 is 46.0 Å². The van der Waals surface area contributed by atoms with Gasteiger partial charge in [0.25, 0.3) is 0 Å². The minimum absolute atomic E-state index is 0.0510. The Hall–Kier alpha value is -3.61. The first-order valence-electron chi connectivity index (χ1n) is 11.7. The highest BCUT2D eigenvalue weighted by atomic mass is 35.5. The number of thioether (sulfide) groups is 1. The third-order valence-corrected chi connectivity index (χ3v) is 8.32. The Balaban J connectivity index is 1.38. The van der Waals surface area contributed by atoms with E-state index in [1.807, 2.05) is 0 Å². The lowest BCUT2D eigenvalue weighted by Crippen LogP contribution is -2.71. The maximum absolute atomic E-state index is 13.5. The summed E-state index contributed by atoms with van der Waals surface area (Å²) in [5, 5.41) is 15.0. The Morgan fingerprint density at radius 3 is 2.46 bits per heavy atom. The van der Waals surface area contributed by atoms with E-state index in [2.05, 4.69) is 25.6 Å². The van der Waals surface area contributed by atoms with Crippen LogP contribution in [0.4, 0.5) is 5.95 Å². The number of halogens is 2. The van der Waals surface area contributed by atoms with Crippen LogP contribution in [0.3, 0.4) is 0 Å². The number of carbonyl (C=O) groups excluding carboxylic acids is 2. The molecule has 0 saturated carbocycles. The zero-order chi connectivity index (χ0) is 27.9. The average molecular weight is 589 g/mol. The summed E-state index contributed by atoms with van der Waals surface area (Å²) in [6.07, 6.45) is 0. The van der Waals surface area contributed by atoms with Gasteiger partial charge >= 0.3 is 12.0 Å². The van der Waals surface area contributed by atoms with Crippen LogP contribution in [0.15, 0.2) is 54.6 Å². The van der Waals surface area contributed by atoms with E-state index >= 15 is 0 Å². The van der Waals surface area contributed by atoms with Gasteiger partial charge in [-0.15, -0.1) is 11.8 Å². The second-order valence-corrected chi connectivity index (χ2v) is 11.8. The smallest absolute Gasteiger partial charge is 0.328 e.